The lowest BCUT2D eigenvalue weighted by Gasteiger charge is -2.23. The summed E-state index contributed by atoms with van der Waals surface area (Å²) in [4.78, 5) is 0. The van der Waals surface area contributed by atoms with E-state index in [-0.39, 0.29) is 12.4 Å². The van der Waals surface area contributed by atoms with Crippen LogP contribution in [0, 0.1) is 11.8 Å². The Morgan fingerprint density at radius 1 is 1.17 bits per heavy atom. The molecule has 1 saturated carbocycles. The first-order valence-corrected chi connectivity index (χ1v) is 4.97. The fraction of sp³-hybridized carbons (Fsp3) is 1.00. The van der Waals surface area contributed by atoms with Crippen LogP contribution in [0.3, 0.4) is 0 Å². The van der Waals surface area contributed by atoms with Crippen molar-refractivity contribution in [2.75, 3.05) is 6.54 Å². The minimum Gasteiger partial charge on any atom is -0.311 e. The van der Waals surface area contributed by atoms with E-state index in [4.69, 9.17) is 0 Å². The summed E-state index contributed by atoms with van der Waals surface area (Å²) in [6.07, 6.45) is 5.68. The van der Waals surface area contributed by atoms with Gasteiger partial charge in [0.25, 0.3) is 0 Å². The molecule has 0 aromatic rings. The summed E-state index contributed by atoms with van der Waals surface area (Å²) in [5, 5.41) is 3.69. The molecule has 1 nitrogen and oxygen atoms in total. The molecule has 1 N–H and O–H groups in total. The highest BCUT2D eigenvalue weighted by Gasteiger charge is 2.42. The van der Waals surface area contributed by atoms with E-state index in [2.05, 4.69) is 19.2 Å². The molecule has 0 radical (unpaired) electrons. The molecular formula is C10H20ClN. The van der Waals surface area contributed by atoms with Crippen LogP contribution in [0.2, 0.25) is 0 Å². The Balaban J connectivity index is 0.000000720. The molecule has 1 spiro atoms. The standard InChI is InChI=1S/C10H19N.ClH/c1-8-6-10(7-9(8)2)4-3-5-11-10;/h8-9,11H,3-7H2,1-2H3;1H. The van der Waals surface area contributed by atoms with Crippen molar-refractivity contribution in [3.05, 3.63) is 0 Å². The van der Waals surface area contributed by atoms with Gasteiger partial charge in [-0.1, -0.05) is 13.8 Å². The molecule has 0 aromatic heterocycles. The normalized spacial score (nSPS) is 46.5. The summed E-state index contributed by atoms with van der Waals surface area (Å²) >= 11 is 0. The monoisotopic (exact) mass is 189 g/mol. The summed E-state index contributed by atoms with van der Waals surface area (Å²) in [6, 6.07) is 0. The van der Waals surface area contributed by atoms with Crippen LogP contribution in [0.1, 0.15) is 39.5 Å². The van der Waals surface area contributed by atoms with E-state index in [1.54, 1.807) is 0 Å². The van der Waals surface area contributed by atoms with Crippen molar-refractivity contribution in [1.82, 2.24) is 5.32 Å². The summed E-state index contributed by atoms with van der Waals surface area (Å²) in [5.41, 5.74) is 0.582. The molecule has 72 valence electrons. The highest BCUT2D eigenvalue weighted by atomic mass is 35.5. The summed E-state index contributed by atoms with van der Waals surface area (Å²) in [5.74, 6) is 1.89. The fourth-order valence-corrected chi connectivity index (χ4v) is 2.94. The molecule has 0 bridgehead atoms. The summed E-state index contributed by atoms with van der Waals surface area (Å²) in [6.45, 7) is 6.07. The second-order valence-corrected chi connectivity index (χ2v) is 4.67. The lowest BCUT2D eigenvalue weighted by Crippen LogP contribution is -2.36. The van der Waals surface area contributed by atoms with Crippen LogP contribution in [0.15, 0.2) is 0 Å². The number of halogens is 1. The van der Waals surface area contributed by atoms with Crippen molar-refractivity contribution >= 4 is 12.4 Å². The van der Waals surface area contributed by atoms with Gasteiger partial charge in [-0.3, -0.25) is 0 Å². The number of nitrogens with one attached hydrogen (secondary N) is 1. The molecule has 1 heterocycles. The average molecular weight is 190 g/mol. The zero-order valence-electron chi connectivity index (χ0n) is 8.10. The largest absolute Gasteiger partial charge is 0.311 e. The van der Waals surface area contributed by atoms with Gasteiger partial charge in [-0.2, -0.15) is 0 Å². The molecular weight excluding hydrogens is 170 g/mol. The van der Waals surface area contributed by atoms with Gasteiger partial charge in [0.15, 0.2) is 0 Å². The van der Waals surface area contributed by atoms with Crippen LogP contribution >= 0.6 is 12.4 Å². The molecule has 0 aromatic carbocycles. The maximum atomic E-state index is 3.69. The number of hydrogen-bond donors (Lipinski definition) is 1. The van der Waals surface area contributed by atoms with E-state index in [0.717, 1.165) is 11.8 Å². The van der Waals surface area contributed by atoms with Gasteiger partial charge in [0.05, 0.1) is 0 Å². The van der Waals surface area contributed by atoms with E-state index in [1.807, 2.05) is 0 Å². The van der Waals surface area contributed by atoms with Gasteiger partial charge in [0.1, 0.15) is 0 Å². The van der Waals surface area contributed by atoms with E-state index in [0.29, 0.717) is 5.54 Å². The number of hydrogen-bond acceptors (Lipinski definition) is 1. The lowest BCUT2D eigenvalue weighted by molar-refractivity contribution is 0.372. The van der Waals surface area contributed by atoms with Crippen LogP contribution in [0.25, 0.3) is 0 Å². The molecule has 1 aliphatic heterocycles. The van der Waals surface area contributed by atoms with Gasteiger partial charge >= 0.3 is 0 Å². The first-order valence-electron chi connectivity index (χ1n) is 4.97. The van der Waals surface area contributed by atoms with Crippen molar-refractivity contribution in [3.8, 4) is 0 Å². The van der Waals surface area contributed by atoms with Crippen LogP contribution in [0.4, 0.5) is 0 Å². The van der Waals surface area contributed by atoms with Crippen molar-refractivity contribution in [3.63, 3.8) is 0 Å². The SMILES string of the molecule is CC1CC2(CCCN2)CC1C.Cl. The maximum Gasteiger partial charge on any atom is 0.0187 e. The van der Waals surface area contributed by atoms with E-state index < -0.39 is 0 Å². The molecule has 0 amide bonds. The van der Waals surface area contributed by atoms with Crippen LogP contribution in [-0.4, -0.2) is 12.1 Å². The number of rotatable bonds is 0. The Kier molecular flexibility index (Phi) is 3.06. The van der Waals surface area contributed by atoms with Gasteiger partial charge in [0.2, 0.25) is 0 Å². The van der Waals surface area contributed by atoms with Crippen LogP contribution in [0.5, 0.6) is 0 Å². The smallest absolute Gasteiger partial charge is 0.0187 e. The maximum absolute atomic E-state index is 3.69. The third-order valence-electron chi connectivity index (χ3n) is 3.73. The highest BCUT2D eigenvalue weighted by molar-refractivity contribution is 5.85. The molecule has 2 heteroatoms. The zero-order chi connectivity index (χ0) is 7.90. The average Bonchev–Trinajstić information content (AvgIpc) is 2.46. The van der Waals surface area contributed by atoms with Crippen molar-refractivity contribution in [2.45, 2.75) is 45.1 Å². The van der Waals surface area contributed by atoms with Gasteiger partial charge in [-0.15, -0.1) is 12.4 Å². The molecule has 2 unspecified atom stereocenters. The lowest BCUT2D eigenvalue weighted by atomic mass is 9.94. The Morgan fingerprint density at radius 2 is 1.75 bits per heavy atom. The minimum atomic E-state index is 0. The van der Waals surface area contributed by atoms with Crippen molar-refractivity contribution in [1.29, 1.82) is 0 Å². The molecule has 12 heavy (non-hydrogen) atoms. The fourth-order valence-electron chi connectivity index (χ4n) is 2.94. The summed E-state index contributed by atoms with van der Waals surface area (Å²) < 4.78 is 0. The van der Waals surface area contributed by atoms with Crippen molar-refractivity contribution in [2.24, 2.45) is 11.8 Å². The predicted molar refractivity (Wildman–Crippen MR) is 54.8 cm³/mol. The van der Waals surface area contributed by atoms with Gasteiger partial charge < -0.3 is 5.32 Å². The molecule has 2 atom stereocenters. The van der Waals surface area contributed by atoms with Gasteiger partial charge in [0, 0.05) is 5.54 Å². The Bertz CT molecular complexity index is 140. The molecule has 2 rings (SSSR count). The Morgan fingerprint density at radius 3 is 2.17 bits per heavy atom. The van der Waals surface area contributed by atoms with Crippen LogP contribution < -0.4 is 5.32 Å². The third kappa shape index (κ3) is 1.62. The van der Waals surface area contributed by atoms with E-state index in [9.17, 15) is 0 Å². The van der Waals surface area contributed by atoms with Gasteiger partial charge in [-0.05, 0) is 44.1 Å². The third-order valence-corrected chi connectivity index (χ3v) is 3.73. The summed E-state index contributed by atoms with van der Waals surface area (Å²) in [7, 11) is 0. The zero-order valence-corrected chi connectivity index (χ0v) is 8.91. The first kappa shape index (κ1) is 10.3. The molecule has 1 aliphatic carbocycles. The first-order chi connectivity index (χ1) is 5.22. The molecule has 2 aliphatic rings. The Labute approximate surface area is 81.7 Å². The second kappa shape index (κ2) is 3.55. The minimum absolute atomic E-state index is 0. The second-order valence-electron chi connectivity index (χ2n) is 4.67. The van der Waals surface area contributed by atoms with Crippen LogP contribution in [-0.2, 0) is 0 Å². The van der Waals surface area contributed by atoms with Crippen molar-refractivity contribution < 1.29 is 0 Å². The van der Waals surface area contributed by atoms with E-state index in [1.165, 1.54) is 32.2 Å². The molecule has 1 saturated heterocycles. The predicted octanol–water partition coefficient (Wildman–Crippen LogP) is 2.60. The topological polar surface area (TPSA) is 12.0 Å². The van der Waals surface area contributed by atoms with Gasteiger partial charge in [-0.25, -0.2) is 0 Å². The molecule has 2 fully saturated rings. The Hall–Kier alpha value is 0.250. The van der Waals surface area contributed by atoms with E-state index >= 15 is 0 Å². The highest BCUT2D eigenvalue weighted by Crippen LogP contribution is 2.43. The quantitative estimate of drug-likeness (QED) is 0.618.